The quantitative estimate of drug-likeness (QED) is 0.672. The lowest BCUT2D eigenvalue weighted by atomic mass is 10.1. The molecule has 0 fully saturated rings. The van der Waals surface area contributed by atoms with Crippen molar-refractivity contribution in [2.45, 2.75) is 11.3 Å². The molecule has 0 saturated carbocycles. The van der Waals surface area contributed by atoms with E-state index in [0.29, 0.717) is 0 Å². The van der Waals surface area contributed by atoms with Crippen molar-refractivity contribution >= 4 is 21.4 Å². The topological polar surface area (TPSA) is 113 Å². The molecular formula is C14H11N3O4S. The molecule has 2 rings (SSSR count). The summed E-state index contributed by atoms with van der Waals surface area (Å²) in [5.41, 5.74) is 0.520. The van der Waals surface area contributed by atoms with Crippen molar-refractivity contribution in [3.63, 3.8) is 0 Å². The lowest BCUT2D eigenvalue weighted by molar-refractivity contribution is -0.387. The Hall–Kier alpha value is -2.92. The molecule has 0 bridgehead atoms. The molecule has 2 aromatic rings. The Bertz CT molecular complexity index is 839. The average Bonchev–Trinajstić information content (AvgIpc) is 2.49. The van der Waals surface area contributed by atoms with Gasteiger partial charge in [0, 0.05) is 11.8 Å². The van der Waals surface area contributed by atoms with Gasteiger partial charge in [-0.2, -0.15) is 5.26 Å². The van der Waals surface area contributed by atoms with Crippen LogP contribution < -0.4 is 4.72 Å². The van der Waals surface area contributed by atoms with Crippen LogP contribution in [0.4, 0.5) is 11.4 Å². The van der Waals surface area contributed by atoms with Crippen LogP contribution in [0.2, 0.25) is 0 Å². The van der Waals surface area contributed by atoms with Crippen LogP contribution in [-0.4, -0.2) is 13.3 Å². The Kier molecular flexibility index (Phi) is 4.39. The maximum absolute atomic E-state index is 12.3. The van der Waals surface area contributed by atoms with Crippen molar-refractivity contribution < 1.29 is 13.3 Å². The minimum atomic E-state index is -4.07. The van der Waals surface area contributed by atoms with E-state index in [9.17, 15) is 18.5 Å². The van der Waals surface area contributed by atoms with Gasteiger partial charge in [-0.15, -0.1) is 0 Å². The van der Waals surface area contributed by atoms with Gasteiger partial charge in [0.25, 0.3) is 15.7 Å². The second kappa shape index (κ2) is 6.24. The van der Waals surface area contributed by atoms with Crippen molar-refractivity contribution in [1.82, 2.24) is 0 Å². The van der Waals surface area contributed by atoms with E-state index in [2.05, 4.69) is 4.72 Å². The zero-order valence-corrected chi connectivity index (χ0v) is 12.1. The SMILES string of the molecule is N#CCc1ccc(NS(=O)(=O)c2ccccc2[N+](=O)[O-])cc1. The van der Waals surface area contributed by atoms with Crippen LogP contribution in [0, 0.1) is 21.4 Å². The number of nitro groups is 1. The number of nitro benzene ring substituents is 1. The number of sulfonamides is 1. The molecule has 0 atom stereocenters. The normalized spacial score (nSPS) is 10.7. The monoisotopic (exact) mass is 317 g/mol. The van der Waals surface area contributed by atoms with Crippen molar-refractivity contribution in [2.75, 3.05) is 4.72 Å². The van der Waals surface area contributed by atoms with Crippen LogP contribution in [0.25, 0.3) is 0 Å². The molecule has 0 aromatic heterocycles. The summed E-state index contributed by atoms with van der Waals surface area (Å²) in [6, 6.07) is 13.3. The molecule has 0 aliphatic rings. The van der Waals surface area contributed by atoms with Crippen LogP contribution in [0.15, 0.2) is 53.4 Å². The van der Waals surface area contributed by atoms with E-state index in [4.69, 9.17) is 5.26 Å². The summed E-state index contributed by atoms with van der Waals surface area (Å²) in [6.45, 7) is 0. The van der Waals surface area contributed by atoms with Crippen LogP contribution in [0.3, 0.4) is 0 Å². The molecule has 0 aliphatic carbocycles. The van der Waals surface area contributed by atoms with E-state index in [1.54, 1.807) is 12.1 Å². The number of benzene rings is 2. The van der Waals surface area contributed by atoms with E-state index in [-0.39, 0.29) is 12.1 Å². The summed E-state index contributed by atoms with van der Waals surface area (Å²) in [6.07, 6.45) is 0.219. The summed E-state index contributed by atoms with van der Waals surface area (Å²) in [5, 5.41) is 19.5. The summed E-state index contributed by atoms with van der Waals surface area (Å²) in [4.78, 5) is 9.77. The smallest absolute Gasteiger partial charge is 0.279 e. The van der Waals surface area contributed by atoms with E-state index < -0.39 is 25.5 Å². The third-order valence-electron chi connectivity index (χ3n) is 2.84. The van der Waals surface area contributed by atoms with Crippen molar-refractivity contribution in [2.24, 2.45) is 0 Å². The molecule has 0 saturated heterocycles. The molecule has 1 N–H and O–H groups in total. The molecule has 112 valence electrons. The van der Waals surface area contributed by atoms with E-state index in [1.165, 1.54) is 30.3 Å². The second-order valence-electron chi connectivity index (χ2n) is 4.36. The fourth-order valence-electron chi connectivity index (χ4n) is 1.83. The Labute approximate surface area is 127 Å². The number of para-hydroxylation sites is 1. The third-order valence-corrected chi connectivity index (χ3v) is 4.27. The van der Waals surface area contributed by atoms with Crippen molar-refractivity contribution in [3.05, 3.63) is 64.2 Å². The van der Waals surface area contributed by atoms with Gasteiger partial charge in [0.05, 0.1) is 17.4 Å². The average molecular weight is 317 g/mol. The highest BCUT2D eigenvalue weighted by Crippen LogP contribution is 2.25. The lowest BCUT2D eigenvalue weighted by Gasteiger charge is -2.08. The number of nitriles is 1. The molecule has 0 heterocycles. The lowest BCUT2D eigenvalue weighted by Crippen LogP contribution is -2.14. The number of rotatable bonds is 5. The summed E-state index contributed by atoms with van der Waals surface area (Å²) < 4.78 is 26.8. The minimum Gasteiger partial charge on any atom is -0.279 e. The first-order valence-corrected chi connectivity index (χ1v) is 7.64. The highest BCUT2D eigenvalue weighted by Gasteiger charge is 2.24. The zero-order chi connectivity index (χ0) is 16.2. The van der Waals surface area contributed by atoms with Gasteiger partial charge in [0.15, 0.2) is 4.90 Å². The Morgan fingerprint density at radius 3 is 2.36 bits per heavy atom. The highest BCUT2D eigenvalue weighted by molar-refractivity contribution is 7.92. The minimum absolute atomic E-state index is 0.219. The van der Waals surface area contributed by atoms with Gasteiger partial charge in [-0.1, -0.05) is 24.3 Å². The van der Waals surface area contributed by atoms with Gasteiger partial charge in [0.1, 0.15) is 0 Å². The number of hydrogen-bond donors (Lipinski definition) is 1. The van der Waals surface area contributed by atoms with Crippen molar-refractivity contribution in [1.29, 1.82) is 5.26 Å². The van der Waals surface area contributed by atoms with Crippen LogP contribution in [-0.2, 0) is 16.4 Å². The molecule has 0 radical (unpaired) electrons. The fourth-order valence-corrected chi connectivity index (χ4v) is 3.06. The van der Waals surface area contributed by atoms with Crippen LogP contribution in [0.5, 0.6) is 0 Å². The van der Waals surface area contributed by atoms with Gasteiger partial charge in [-0.3, -0.25) is 14.8 Å². The molecule has 0 amide bonds. The maximum atomic E-state index is 12.3. The number of nitrogens with one attached hydrogen (secondary N) is 1. The molecule has 0 spiro atoms. The van der Waals surface area contributed by atoms with Gasteiger partial charge < -0.3 is 0 Å². The number of nitrogens with zero attached hydrogens (tertiary/aromatic N) is 2. The van der Waals surface area contributed by atoms with Gasteiger partial charge >= 0.3 is 0 Å². The van der Waals surface area contributed by atoms with E-state index >= 15 is 0 Å². The predicted octanol–water partition coefficient (Wildman–Crippen LogP) is 2.46. The van der Waals surface area contributed by atoms with E-state index in [1.807, 2.05) is 6.07 Å². The van der Waals surface area contributed by atoms with Gasteiger partial charge in [-0.25, -0.2) is 8.42 Å². The van der Waals surface area contributed by atoms with Crippen LogP contribution >= 0.6 is 0 Å². The van der Waals surface area contributed by atoms with Crippen molar-refractivity contribution in [3.8, 4) is 6.07 Å². The zero-order valence-electron chi connectivity index (χ0n) is 11.3. The van der Waals surface area contributed by atoms with Crippen LogP contribution in [0.1, 0.15) is 5.56 Å². The molecular weight excluding hydrogens is 306 g/mol. The van der Waals surface area contributed by atoms with E-state index in [0.717, 1.165) is 11.6 Å². The summed E-state index contributed by atoms with van der Waals surface area (Å²) >= 11 is 0. The second-order valence-corrected chi connectivity index (χ2v) is 6.01. The standard InChI is InChI=1S/C14H11N3O4S/c15-10-9-11-5-7-12(8-6-11)16-22(20,21)14-4-2-1-3-13(14)17(18)19/h1-8,16H,9H2. The van der Waals surface area contributed by atoms with Gasteiger partial charge in [-0.05, 0) is 23.8 Å². The Morgan fingerprint density at radius 1 is 1.14 bits per heavy atom. The molecule has 22 heavy (non-hydrogen) atoms. The fraction of sp³-hybridized carbons (Fsp3) is 0.0714. The molecule has 8 heteroatoms. The molecule has 2 aromatic carbocycles. The maximum Gasteiger partial charge on any atom is 0.289 e. The van der Waals surface area contributed by atoms with Gasteiger partial charge in [0.2, 0.25) is 0 Å². The first kappa shape index (κ1) is 15.5. The molecule has 0 unspecified atom stereocenters. The Balaban J connectivity index is 2.32. The number of anilines is 1. The molecule has 0 aliphatic heterocycles. The highest BCUT2D eigenvalue weighted by atomic mass is 32.2. The Morgan fingerprint density at radius 2 is 1.77 bits per heavy atom. The molecule has 7 nitrogen and oxygen atoms in total. The predicted molar refractivity (Wildman–Crippen MR) is 79.7 cm³/mol. The number of hydrogen-bond acceptors (Lipinski definition) is 5. The summed E-state index contributed by atoms with van der Waals surface area (Å²) in [5.74, 6) is 0. The first-order chi connectivity index (χ1) is 10.4. The third kappa shape index (κ3) is 3.39. The summed E-state index contributed by atoms with van der Waals surface area (Å²) in [7, 11) is -4.07. The largest absolute Gasteiger partial charge is 0.289 e. The first-order valence-electron chi connectivity index (χ1n) is 6.16.